The predicted molar refractivity (Wildman–Crippen MR) is 82.6 cm³/mol. The number of ether oxygens (including phenoxy) is 1. The first-order valence-electron chi connectivity index (χ1n) is 6.94. The predicted octanol–water partition coefficient (Wildman–Crippen LogP) is 1.15. The lowest BCUT2D eigenvalue weighted by Crippen LogP contribution is -2.31. The maximum absolute atomic E-state index is 12.1. The minimum absolute atomic E-state index is 0.239. The molecule has 0 aromatic carbocycles. The molecule has 0 saturated heterocycles. The van der Waals surface area contributed by atoms with E-state index < -0.39 is 5.69 Å². The Morgan fingerprint density at radius 2 is 2.14 bits per heavy atom. The second-order valence-electron chi connectivity index (χ2n) is 6.10. The van der Waals surface area contributed by atoms with Gasteiger partial charge in [-0.3, -0.25) is 4.79 Å². The van der Waals surface area contributed by atoms with Crippen LogP contribution in [0.2, 0.25) is 0 Å². The molecule has 0 unspecified atom stereocenters. The van der Waals surface area contributed by atoms with Crippen LogP contribution in [0.5, 0.6) is 0 Å². The highest BCUT2D eigenvalue weighted by molar-refractivity contribution is 7.19. The minimum Gasteiger partial charge on any atom is -0.370 e. The van der Waals surface area contributed by atoms with Crippen LogP contribution in [0, 0.1) is 6.92 Å². The van der Waals surface area contributed by atoms with Gasteiger partial charge in [0.05, 0.1) is 17.6 Å². The molecule has 4 rings (SSSR count). The number of aryl methyl sites for hydroxylation is 1. The summed E-state index contributed by atoms with van der Waals surface area (Å²) in [7, 11) is 0. The summed E-state index contributed by atoms with van der Waals surface area (Å²) in [5.41, 5.74) is 0.678. The van der Waals surface area contributed by atoms with Gasteiger partial charge in [-0.15, -0.1) is 11.3 Å². The fourth-order valence-corrected chi connectivity index (χ4v) is 3.89. The van der Waals surface area contributed by atoms with Crippen LogP contribution in [0.25, 0.3) is 15.9 Å². The van der Waals surface area contributed by atoms with Crippen LogP contribution in [-0.2, 0) is 17.8 Å². The summed E-state index contributed by atoms with van der Waals surface area (Å²) in [5.74, 6) is 0. The van der Waals surface area contributed by atoms with Gasteiger partial charge in [-0.2, -0.15) is 14.6 Å². The topological polar surface area (TPSA) is 89.4 Å². The zero-order valence-electron chi connectivity index (χ0n) is 12.4. The van der Waals surface area contributed by atoms with Gasteiger partial charge in [0.15, 0.2) is 5.65 Å². The Labute approximate surface area is 128 Å². The molecule has 7 nitrogen and oxygen atoms in total. The number of nitrogens with one attached hydrogen (secondary N) is 1. The first kappa shape index (κ1) is 13.6. The maximum atomic E-state index is 12.1. The number of aromatic amines is 1. The number of hydrogen-bond donors (Lipinski definition) is 1. The van der Waals surface area contributed by atoms with E-state index in [2.05, 4.69) is 15.1 Å². The van der Waals surface area contributed by atoms with Crippen molar-refractivity contribution in [3.63, 3.8) is 0 Å². The molecular formula is C14H14N4O3S. The third kappa shape index (κ3) is 1.84. The quantitative estimate of drug-likeness (QED) is 0.671. The summed E-state index contributed by atoms with van der Waals surface area (Å²) in [6, 6.07) is 0. The SMILES string of the molecule is Cc1nn2c(=O)nc3sc4c(c3c2[nH]c1=O)CC(C)(C)OC4. The smallest absolute Gasteiger partial charge is 0.370 e. The third-order valence-corrected chi connectivity index (χ3v) is 5.01. The van der Waals surface area contributed by atoms with Crippen molar-refractivity contribution in [1.29, 1.82) is 0 Å². The molecular weight excluding hydrogens is 304 g/mol. The highest BCUT2D eigenvalue weighted by Gasteiger charge is 2.30. The zero-order chi connectivity index (χ0) is 15.6. The molecule has 114 valence electrons. The summed E-state index contributed by atoms with van der Waals surface area (Å²) in [4.78, 5) is 32.6. The molecule has 0 spiro atoms. The monoisotopic (exact) mass is 318 g/mol. The summed E-state index contributed by atoms with van der Waals surface area (Å²) < 4.78 is 6.99. The number of H-pyrrole nitrogens is 1. The van der Waals surface area contributed by atoms with Crippen molar-refractivity contribution in [2.75, 3.05) is 0 Å². The van der Waals surface area contributed by atoms with E-state index in [1.807, 2.05) is 13.8 Å². The van der Waals surface area contributed by atoms with Crippen molar-refractivity contribution in [1.82, 2.24) is 19.6 Å². The summed E-state index contributed by atoms with van der Waals surface area (Å²) >= 11 is 1.44. The first-order chi connectivity index (χ1) is 10.4. The van der Waals surface area contributed by atoms with E-state index >= 15 is 0 Å². The highest BCUT2D eigenvalue weighted by Crippen LogP contribution is 2.38. The molecule has 22 heavy (non-hydrogen) atoms. The first-order valence-corrected chi connectivity index (χ1v) is 7.75. The number of rotatable bonds is 0. The van der Waals surface area contributed by atoms with Crippen LogP contribution < -0.4 is 11.2 Å². The second kappa shape index (κ2) is 4.23. The number of nitrogens with zero attached hydrogens (tertiary/aromatic N) is 3. The highest BCUT2D eigenvalue weighted by atomic mass is 32.1. The molecule has 1 aliphatic heterocycles. The average molecular weight is 318 g/mol. The Hall–Kier alpha value is -2.06. The molecule has 0 aliphatic carbocycles. The van der Waals surface area contributed by atoms with Crippen LogP contribution in [-0.4, -0.2) is 25.2 Å². The summed E-state index contributed by atoms with van der Waals surface area (Å²) in [6.45, 7) is 6.10. The van der Waals surface area contributed by atoms with Crippen molar-refractivity contribution in [3.05, 3.63) is 37.0 Å². The molecule has 0 bridgehead atoms. The van der Waals surface area contributed by atoms with Gasteiger partial charge in [-0.1, -0.05) is 0 Å². The van der Waals surface area contributed by atoms with E-state index in [0.29, 0.717) is 23.5 Å². The lowest BCUT2D eigenvalue weighted by molar-refractivity contribution is -0.0379. The van der Waals surface area contributed by atoms with Gasteiger partial charge >= 0.3 is 5.69 Å². The normalized spacial score (nSPS) is 17.0. The second-order valence-corrected chi connectivity index (χ2v) is 7.19. The van der Waals surface area contributed by atoms with Gasteiger partial charge in [-0.05, 0) is 26.3 Å². The molecule has 3 aromatic heterocycles. The van der Waals surface area contributed by atoms with Crippen LogP contribution in [0.15, 0.2) is 9.59 Å². The van der Waals surface area contributed by atoms with Crippen molar-refractivity contribution in [2.24, 2.45) is 0 Å². The summed E-state index contributed by atoms with van der Waals surface area (Å²) in [6.07, 6.45) is 0.702. The van der Waals surface area contributed by atoms with Crippen LogP contribution in [0.1, 0.15) is 30.0 Å². The van der Waals surface area contributed by atoms with Crippen LogP contribution >= 0.6 is 11.3 Å². The number of fused-ring (bicyclic) bond motifs is 5. The van der Waals surface area contributed by atoms with E-state index in [0.717, 1.165) is 15.8 Å². The molecule has 8 heteroatoms. The Morgan fingerprint density at radius 1 is 1.36 bits per heavy atom. The van der Waals surface area contributed by atoms with Gasteiger partial charge in [0.25, 0.3) is 5.56 Å². The largest absolute Gasteiger partial charge is 0.371 e. The molecule has 1 aliphatic rings. The van der Waals surface area contributed by atoms with E-state index in [1.54, 1.807) is 6.92 Å². The molecule has 0 saturated carbocycles. The van der Waals surface area contributed by atoms with Gasteiger partial charge < -0.3 is 9.72 Å². The van der Waals surface area contributed by atoms with E-state index in [9.17, 15) is 9.59 Å². The third-order valence-electron chi connectivity index (χ3n) is 3.91. The van der Waals surface area contributed by atoms with Gasteiger partial charge in [0.2, 0.25) is 0 Å². The Balaban J connectivity index is 2.19. The van der Waals surface area contributed by atoms with E-state index in [4.69, 9.17) is 4.74 Å². The van der Waals surface area contributed by atoms with Crippen LogP contribution in [0.4, 0.5) is 0 Å². The molecule has 1 N–H and O–H groups in total. The molecule has 0 fully saturated rings. The van der Waals surface area contributed by atoms with Gasteiger partial charge in [0, 0.05) is 11.3 Å². The molecule has 0 radical (unpaired) electrons. The van der Waals surface area contributed by atoms with Crippen molar-refractivity contribution in [2.45, 2.75) is 39.4 Å². The maximum Gasteiger partial charge on any atom is 0.371 e. The minimum atomic E-state index is -0.486. The lowest BCUT2D eigenvalue weighted by Gasteiger charge is -2.30. The van der Waals surface area contributed by atoms with E-state index in [-0.39, 0.29) is 16.9 Å². The molecule has 0 amide bonds. The Kier molecular flexibility index (Phi) is 2.62. The number of aromatic nitrogens is 4. The number of thiophene rings is 1. The Bertz CT molecular complexity index is 1040. The van der Waals surface area contributed by atoms with Gasteiger partial charge in [-0.25, -0.2) is 4.79 Å². The standard InChI is InChI=1S/C14H14N4O3S/c1-6-11(19)15-10-9-7-4-14(2,3)21-5-8(7)22-12(9)16-13(20)18(10)17-6/h4-5H2,1-3H3,(H,15,19). The number of hydrogen-bond acceptors (Lipinski definition) is 6. The Morgan fingerprint density at radius 3 is 2.91 bits per heavy atom. The van der Waals surface area contributed by atoms with Crippen molar-refractivity contribution in [3.8, 4) is 0 Å². The average Bonchev–Trinajstić information content (AvgIpc) is 2.77. The van der Waals surface area contributed by atoms with E-state index in [1.165, 1.54) is 15.9 Å². The van der Waals surface area contributed by atoms with Crippen molar-refractivity contribution < 1.29 is 4.74 Å². The van der Waals surface area contributed by atoms with Crippen molar-refractivity contribution >= 4 is 27.2 Å². The summed E-state index contributed by atoms with van der Waals surface area (Å²) in [5, 5.41) is 4.87. The molecule has 4 heterocycles. The van der Waals surface area contributed by atoms with Crippen LogP contribution in [0.3, 0.4) is 0 Å². The zero-order valence-corrected chi connectivity index (χ0v) is 13.2. The molecule has 3 aromatic rings. The fourth-order valence-electron chi connectivity index (χ4n) is 2.80. The lowest BCUT2D eigenvalue weighted by atomic mass is 9.94. The molecule has 0 atom stereocenters. The van der Waals surface area contributed by atoms with Gasteiger partial charge in [0.1, 0.15) is 10.5 Å². The fraction of sp³-hybridized carbons (Fsp3) is 0.429.